The molecule has 204 valence electrons. The fraction of sp³-hybridized carbons (Fsp3) is 0.108. The van der Waals surface area contributed by atoms with Crippen LogP contribution in [0.4, 0.5) is 0 Å². The van der Waals surface area contributed by atoms with Crippen LogP contribution in [0.1, 0.15) is 44.7 Å². The lowest BCUT2D eigenvalue weighted by molar-refractivity contribution is 0.101. The lowest BCUT2D eigenvalue weighted by Crippen LogP contribution is -2.36. The van der Waals surface area contributed by atoms with E-state index in [1.54, 1.807) is 6.20 Å². The first kappa shape index (κ1) is 25.7. The van der Waals surface area contributed by atoms with Crippen LogP contribution >= 0.6 is 0 Å². The van der Waals surface area contributed by atoms with E-state index in [0.717, 1.165) is 44.6 Å². The molecule has 0 bridgehead atoms. The Morgan fingerprint density at radius 3 is 1.95 bits per heavy atom. The van der Waals surface area contributed by atoms with Crippen molar-refractivity contribution < 1.29 is 4.79 Å². The van der Waals surface area contributed by atoms with Crippen LogP contribution in [0.2, 0.25) is 0 Å². The molecule has 3 heterocycles. The molecular formula is C37H30N4O. The molecule has 1 aliphatic rings. The van der Waals surface area contributed by atoms with Gasteiger partial charge in [0.2, 0.25) is 5.78 Å². The molecule has 0 unspecified atom stereocenters. The molecule has 5 heteroatoms. The van der Waals surface area contributed by atoms with Crippen LogP contribution in [0, 0.1) is 6.92 Å². The van der Waals surface area contributed by atoms with E-state index in [1.807, 2.05) is 54.3 Å². The summed E-state index contributed by atoms with van der Waals surface area (Å²) in [5.74, 6) is 0.0489. The van der Waals surface area contributed by atoms with Crippen molar-refractivity contribution in [1.29, 1.82) is 0 Å². The fourth-order valence-corrected chi connectivity index (χ4v) is 6.25. The van der Waals surface area contributed by atoms with E-state index in [9.17, 15) is 4.79 Å². The second-order valence-corrected chi connectivity index (χ2v) is 10.7. The van der Waals surface area contributed by atoms with Gasteiger partial charge in [0.1, 0.15) is 11.2 Å². The molecule has 0 aliphatic carbocycles. The summed E-state index contributed by atoms with van der Waals surface area (Å²) in [5, 5.41) is 4.37. The number of imidazole rings is 1. The quantitative estimate of drug-likeness (QED) is 0.160. The largest absolute Gasteiger partial charge is 0.318 e. The van der Waals surface area contributed by atoms with Crippen molar-refractivity contribution in [2.24, 2.45) is 0 Å². The SMILES string of the molecule is Cc1cnn2c1C(=O)/C(=C/c1ccccc1-c1cn(C(c3ccccc3)(c3ccccc3)c3ccccc3)cn1)CC2. The van der Waals surface area contributed by atoms with Gasteiger partial charge in [-0.2, -0.15) is 5.10 Å². The summed E-state index contributed by atoms with van der Waals surface area (Å²) < 4.78 is 4.04. The zero-order chi connectivity index (χ0) is 28.5. The Morgan fingerprint density at radius 1 is 0.762 bits per heavy atom. The van der Waals surface area contributed by atoms with Crippen molar-refractivity contribution in [3.05, 3.63) is 173 Å². The Kier molecular flexibility index (Phi) is 6.48. The number of carbonyl (C=O) groups is 1. The van der Waals surface area contributed by atoms with Gasteiger partial charge in [-0.25, -0.2) is 4.98 Å². The minimum Gasteiger partial charge on any atom is -0.318 e. The van der Waals surface area contributed by atoms with Gasteiger partial charge < -0.3 is 4.57 Å². The van der Waals surface area contributed by atoms with E-state index < -0.39 is 5.54 Å². The first-order valence-electron chi connectivity index (χ1n) is 14.2. The third-order valence-electron chi connectivity index (χ3n) is 8.23. The van der Waals surface area contributed by atoms with Crippen LogP contribution in [0.15, 0.2) is 140 Å². The summed E-state index contributed by atoms with van der Waals surface area (Å²) in [6.07, 6.45) is 8.52. The Labute approximate surface area is 245 Å². The van der Waals surface area contributed by atoms with Gasteiger partial charge in [0, 0.05) is 23.9 Å². The Bertz CT molecular complexity index is 1800. The maximum absolute atomic E-state index is 13.4. The molecule has 5 nitrogen and oxygen atoms in total. The molecular weight excluding hydrogens is 516 g/mol. The van der Waals surface area contributed by atoms with Crippen LogP contribution in [-0.4, -0.2) is 25.1 Å². The second kappa shape index (κ2) is 10.6. The lowest BCUT2D eigenvalue weighted by Gasteiger charge is -2.37. The highest BCUT2D eigenvalue weighted by Crippen LogP contribution is 2.41. The molecule has 0 radical (unpaired) electrons. The van der Waals surface area contributed by atoms with E-state index in [1.165, 1.54) is 0 Å². The molecule has 0 saturated carbocycles. The molecule has 2 aromatic heterocycles. The molecule has 7 rings (SSSR count). The minimum absolute atomic E-state index is 0.0489. The highest BCUT2D eigenvalue weighted by atomic mass is 16.1. The summed E-state index contributed by atoms with van der Waals surface area (Å²) in [5.41, 5.74) is 7.98. The lowest BCUT2D eigenvalue weighted by atomic mass is 9.77. The van der Waals surface area contributed by atoms with Gasteiger partial charge in [-0.3, -0.25) is 9.48 Å². The summed E-state index contributed by atoms with van der Waals surface area (Å²) in [6.45, 7) is 2.64. The van der Waals surface area contributed by atoms with Gasteiger partial charge in [-0.05, 0) is 47.2 Å². The van der Waals surface area contributed by atoms with Crippen molar-refractivity contribution in [3.8, 4) is 11.3 Å². The number of carbonyl (C=O) groups excluding carboxylic acids is 1. The summed E-state index contributed by atoms with van der Waals surface area (Å²) in [4.78, 5) is 18.4. The van der Waals surface area contributed by atoms with Crippen LogP contribution in [0.3, 0.4) is 0 Å². The number of aryl methyl sites for hydroxylation is 2. The minimum atomic E-state index is -0.641. The van der Waals surface area contributed by atoms with Crippen molar-refractivity contribution in [1.82, 2.24) is 19.3 Å². The van der Waals surface area contributed by atoms with E-state index >= 15 is 0 Å². The number of hydrogen-bond donors (Lipinski definition) is 0. The number of aromatic nitrogens is 4. The Hall–Kier alpha value is -5.29. The summed E-state index contributed by atoms with van der Waals surface area (Å²) in [6, 6.07) is 39.9. The highest BCUT2D eigenvalue weighted by Gasteiger charge is 2.38. The maximum atomic E-state index is 13.4. The number of nitrogens with zero attached hydrogens (tertiary/aromatic N) is 4. The maximum Gasteiger partial charge on any atom is 0.207 e. The number of fused-ring (bicyclic) bond motifs is 1. The van der Waals surface area contributed by atoms with Crippen LogP contribution < -0.4 is 0 Å². The van der Waals surface area contributed by atoms with Gasteiger partial charge in [-0.15, -0.1) is 0 Å². The third kappa shape index (κ3) is 4.22. The van der Waals surface area contributed by atoms with Crippen molar-refractivity contribution >= 4 is 11.9 Å². The van der Waals surface area contributed by atoms with Crippen molar-refractivity contribution in [2.75, 3.05) is 0 Å². The number of hydrogen-bond acceptors (Lipinski definition) is 3. The molecule has 42 heavy (non-hydrogen) atoms. The number of benzene rings is 4. The first-order chi connectivity index (χ1) is 20.7. The highest BCUT2D eigenvalue weighted by molar-refractivity contribution is 6.12. The molecule has 0 saturated heterocycles. The molecule has 4 aromatic carbocycles. The zero-order valence-electron chi connectivity index (χ0n) is 23.4. The van der Waals surface area contributed by atoms with Crippen molar-refractivity contribution in [3.63, 3.8) is 0 Å². The summed E-state index contributed by atoms with van der Waals surface area (Å²) >= 11 is 0. The fourth-order valence-electron chi connectivity index (χ4n) is 6.25. The van der Waals surface area contributed by atoms with Gasteiger partial charge in [0.15, 0.2) is 0 Å². The topological polar surface area (TPSA) is 52.7 Å². The van der Waals surface area contributed by atoms with E-state index in [4.69, 9.17) is 4.98 Å². The van der Waals surface area contributed by atoms with Crippen LogP contribution in [-0.2, 0) is 12.1 Å². The molecule has 0 atom stereocenters. The van der Waals surface area contributed by atoms with Crippen LogP contribution in [0.5, 0.6) is 0 Å². The van der Waals surface area contributed by atoms with Crippen LogP contribution in [0.25, 0.3) is 17.3 Å². The van der Waals surface area contributed by atoms with Gasteiger partial charge in [0.25, 0.3) is 0 Å². The molecule has 1 aliphatic heterocycles. The number of ketones is 1. The number of Topliss-reactive ketones (excluding diaryl/α,β-unsaturated/α-hetero) is 1. The van der Waals surface area contributed by atoms with E-state index in [0.29, 0.717) is 18.7 Å². The Balaban J connectivity index is 1.38. The normalized spacial score (nSPS) is 14.2. The average molecular weight is 547 g/mol. The van der Waals surface area contributed by atoms with E-state index in [2.05, 4.69) is 101 Å². The zero-order valence-corrected chi connectivity index (χ0v) is 23.4. The standard InChI is InChI=1S/C37H30N4O/c1-27-24-39-41-22-21-29(36(42)35(27)41)23-28-13-11-12-20-33(28)34-25-40(26-38-34)37(30-14-5-2-6-15-30,31-16-7-3-8-17-31)32-18-9-4-10-19-32/h2-20,23-26H,21-22H2,1H3/b29-23+. The monoisotopic (exact) mass is 546 g/mol. The van der Waals surface area contributed by atoms with Gasteiger partial charge >= 0.3 is 0 Å². The van der Waals surface area contributed by atoms with Gasteiger partial charge in [0.05, 0.1) is 18.2 Å². The number of allylic oxidation sites excluding steroid dienone is 1. The second-order valence-electron chi connectivity index (χ2n) is 10.7. The van der Waals surface area contributed by atoms with E-state index in [-0.39, 0.29) is 5.78 Å². The first-order valence-corrected chi connectivity index (χ1v) is 14.2. The predicted octanol–water partition coefficient (Wildman–Crippen LogP) is 7.57. The van der Waals surface area contributed by atoms with Crippen molar-refractivity contribution in [2.45, 2.75) is 25.4 Å². The molecule has 6 aromatic rings. The van der Waals surface area contributed by atoms with Gasteiger partial charge in [-0.1, -0.05) is 115 Å². The molecule has 0 spiro atoms. The predicted molar refractivity (Wildman–Crippen MR) is 166 cm³/mol. The average Bonchev–Trinajstić information content (AvgIpc) is 3.69. The smallest absolute Gasteiger partial charge is 0.207 e. The molecule has 0 amide bonds. The third-order valence-corrected chi connectivity index (χ3v) is 8.23. The molecule has 0 N–H and O–H groups in total. The molecule has 0 fully saturated rings. The number of rotatable bonds is 6. The summed E-state index contributed by atoms with van der Waals surface area (Å²) in [7, 11) is 0. The Morgan fingerprint density at radius 2 is 1.33 bits per heavy atom.